The van der Waals surface area contributed by atoms with Crippen LogP contribution in [0.15, 0.2) is 21.6 Å². The average Bonchev–Trinajstić information content (AvgIpc) is 2.96. The number of aliphatic imine (C=N–C) groups is 2. The van der Waals surface area contributed by atoms with Crippen LogP contribution in [0.25, 0.3) is 0 Å². The summed E-state index contributed by atoms with van der Waals surface area (Å²) in [6.45, 7) is 4.57. The zero-order valence-electron chi connectivity index (χ0n) is 15.3. The molecular weight excluding hydrogens is 308 g/mol. The van der Waals surface area contributed by atoms with E-state index in [0.717, 1.165) is 30.8 Å². The zero-order chi connectivity index (χ0) is 18.3. The minimum atomic E-state index is -0.621. The minimum absolute atomic E-state index is 0.215. The number of carbonyl (C=O) groups is 1. The van der Waals surface area contributed by atoms with Crippen molar-refractivity contribution in [3.63, 3.8) is 0 Å². The largest absolute Gasteiger partial charge is 0.391 e. The van der Waals surface area contributed by atoms with Gasteiger partial charge in [-0.25, -0.2) is 4.99 Å². The zero-order valence-corrected chi connectivity index (χ0v) is 15.3. The fourth-order valence-electron chi connectivity index (χ4n) is 2.80. The maximum atomic E-state index is 12.2. The molecule has 7 nitrogen and oxygen atoms in total. The number of nitrogens with zero attached hydrogens (tertiary/aromatic N) is 3. The van der Waals surface area contributed by atoms with E-state index in [1.54, 1.807) is 6.92 Å². The van der Waals surface area contributed by atoms with E-state index in [1.165, 1.54) is 14.2 Å². The Kier molecular flexibility index (Phi) is 8.24. The molecule has 0 aromatic rings. The number of ether oxygens (including phenoxy) is 1. The lowest BCUT2D eigenvalue weighted by Gasteiger charge is -2.23. The summed E-state index contributed by atoms with van der Waals surface area (Å²) in [4.78, 5) is 23.0. The summed E-state index contributed by atoms with van der Waals surface area (Å²) in [7, 11) is 5.04. The molecule has 136 valence electrons. The summed E-state index contributed by atoms with van der Waals surface area (Å²) < 4.78 is 5.23. The second-order valence-electron chi connectivity index (χ2n) is 6.03. The van der Waals surface area contributed by atoms with Crippen LogP contribution in [0, 0.1) is 5.92 Å². The number of hydrogen-bond donors (Lipinski definition) is 2. The molecule has 3 N–H and O–H groups in total. The SMILES string of the molecule is CN.COC(CC1C=C(C)C(N=C2CCCN2C)=NC1=O)C(C)O. The molecule has 0 aromatic heterocycles. The van der Waals surface area contributed by atoms with Crippen LogP contribution >= 0.6 is 0 Å². The van der Waals surface area contributed by atoms with E-state index < -0.39 is 6.10 Å². The number of dihydropyridines is 1. The van der Waals surface area contributed by atoms with Gasteiger partial charge in [-0.05, 0) is 39.3 Å². The third-order valence-corrected chi connectivity index (χ3v) is 4.23. The Balaban J connectivity index is 0.00000139. The highest BCUT2D eigenvalue weighted by atomic mass is 16.5. The first kappa shape index (κ1) is 20.5. The number of carbonyl (C=O) groups excluding carboxylic acids is 1. The first-order valence-electron chi connectivity index (χ1n) is 8.31. The number of nitrogens with two attached hydrogens (primary N) is 1. The van der Waals surface area contributed by atoms with Crippen LogP contribution in [0.5, 0.6) is 0 Å². The Labute approximate surface area is 144 Å². The van der Waals surface area contributed by atoms with E-state index in [1.807, 2.05) is 20.0 Å². The second kappa shape index (κ2) is 9.66. The van der Waals surface area contributed by atoms with E-state index in [-0.39, 0.29) is 17.9 Å². The third-order valence-electron chi connectivity index (χ3n) is 4.23. The van der Waals surface area contributed by atoms with Gasteiger partial charge in [0, 0.05) is 27.1 Å². The number of likely N-dealkylation sites (tertiary alicyclic amines) is 1. The van der Waals surface area contributed by atoms with Crippen molar-refractivity contribution in [1.29, 1.82) is 0 Å². The van der Waals surface area contributed by atoms with Crippen molar-refractivity contribution in [2.24, 2.45) is 21.6 Å². The van der Waals surface area contributed by atoms with Crippen LogP contribution in [-0.2, 0) is 9.53 Å². The molecule has 2 rings (SSSR count). The second-order valence-corrected chi connectivity index (χ2v) is 6.03. The Bertz CT molecular complexity index is 526. The van der Waals surface area contributed by atoms with Crippen LogP contribution in [0.1, 0.15) is 33.1 Å². The molecule has 1 amide bonds. The van der Waals surface area contributed by atoms with Crippen LogP contribution in [0.3, 0.4) is 0 Å². The molecule has 0 radical (unpaired) electrons. The van der Waals surface area contributed by atoms with Crippen molar-refractivity contribution in [3.8, 4) is 0 Å². The number of rotatable bonds is 4. The molecule has 3 unspecified atom stereocenters. The van der Waals surface area contributed by atoms with E-state index in [2.05, 4.69) is 20.6 Å². The maximum Gasteiger partial charge on any atom is 0.254 e. The van der Waals surface area contributed by atoms with Gasteiger partial charge in [-0.3, -0.25) is 4.79 Å². The van der Waals surface area contributed by atoms with Crippen molar-refractivity contribution in [3.05, 3.63) is 11.6 Å². The molecule has 0 bridgehead atoms. The maximum absolute atomic E-state index is 12.2. The number of amides is 1. The van der Waals surface area contributed by atoms with Gasteiger partial charge in [0.15, 0.2) is 5.84 Å². The predicted octanol–water partition coefficient (Wildman–Crippen LogP) is 0.972. The predicted molar refractivity (Wildman–Crippen MR) is 96.2 cm³/mol. The van der Waals surface area contributed by atoms with Gasteiger partial charge in [0.25, 0.3) is 5.91 Å². The van der Waals surface area contributed by atoms with Gasteiger partial charge in [-0.15, -0.1) is 0 Å². The molecule has 2 heterocycles. The number of aliphatic hydroxyl groups excluding tert-OH is 1. The Morgan fingerprint density at radius 3 is 2.71 bits per heavy atom. The molecule has 24 heavy (non-hydrogen) atoms. The molecule has 1 saturated heterocycles. The fourth-order valence-corrected chi connectivity index (χ4v) is 2.80. The number of aliphatic hydroxyl groups is 1. The van der Waals surface area contributed by atoms with Crippen molar-refractivity contribution < 1.29 is 14.6 Å². The fraction of sp³-hybridized carbons (Fsp3) is 0.706. The standard InChI is InChI=1S/C16H25N3O3.CH5N/c1-10-8-12(9-13(22-4)11(2)20)16(21)18-15(10)17-14-6-5-7-19(14)3;1-2/h8,11-13,20H,5-7,9H2,1-4H3;2H2,1H3. The smallest absolute Gasteiger partial charge is 0.254 e. The topological polar surface area (TPSA) is 101 Å². The molecule has 0 spiro atoms. The van der Waals surface area contributed by atoms with E-state index in [9.17, 15) is 9.90 Å². The average molecular weight is 338 g/mol. The van der Waals surface area contributed by atoms with Crippen LogP contribution < -0.4 is 5.73 Å². The Morgan fingerprint density at radius 2 is 2.21 bits per heavy atom. The van der Waals surface area contributed by atoms with Gasteiger partial charge in [-0.2, -0.15) is 4.99 Å². The molecule has 2 aliphatic heterocycles. The van der Waals surface area contributed by atoms with E-state index in [0.29, 0.717) is 12.3 Å². The lowest BCUT2D eigenvalue weighted by atomic mass is 9.94. The molecule has 2 aliphatic rings. The first-order chi connectivity index (χ1) is 11.4. The molecule has 3 atom stereocenters. The minimum Gasteiger partial charge on any atom is -0.391 e. The summed E-state index contributed by atoms with van der Waals surface area (Å²) in [6, 6.07) is 0. The highest BCUT2D eigenvalue weighted by Crippen LogP contribution is 2.22. The first-order valence-corrected chi connectivity index (χ1v) is 8.31. The van der Waals surface area contributed by atoms with Gasteiger partial charge in [0.2, 0.25) is 0 Å². The number of hydrogen-bond acceptors (Lipinski definition) is 5. The van der Waals surface area contributed by atoms with Crippen molar-refractivity contribution in [1.82, 2.24) is 4.90 Å². The molecule has 7 heteroatoms. The van der Waals surface area contributed by atoms with E-state index in [4.69, 9.17) is 4.74 Å². The lowest BCUT2D eigenvalue weighted by molar-refractivity contribution is -0.122. The highest BCUT2D eigenvalue weighted by molar-refractivity contribution is 6.12. The number of amidine groups is 2. The van der Waals surface area contributed by atoms with Crippen molar-refractivity contribution >= 4 is 17.6 Å². The number of methoxy groups -OCH3 is 1. The van der Waals surface area contributed by atoms with Gasteiger partial charge >= 0.3 is 0 Å². The summed E-state index contributed by atoms with van der Waals surface area (Å²) in [5.41, 5.74) is 5.40. The van der Waals surface area contributed by atoms with Gasteiger partial charge in [0.1, 0.15) is 5.84 Å². The lowest BCUT2D eigenvalue weighted by Crippen LogP contribution is -2.31. The van der Waals surface area contributed by atoms with Crippen LogP contribution in [0.2, 0.25) is 0 Å². The Morgan fingerprint density at radius 1 is 1.54 bits per heavy atom. The molecule has 1 fully saturated rings. The highest BCUT2D eigenvalue weighted by Gasteiger charge is 2.28. The summed E-state index contributed by atoms with van der Waals surface area (Å²) in [6.07, 6.45) is 3.33. The summed E-state index contributed by atoms with van der Waals surface area (Å²) in [5.74, 6) is 0.922. The molecule has 0 aromatic carbocycles. The summed E-state index contributed by atoms with van der Waals surface area (Å²) in [5, 5.41) is 9.65. The monoisotopic (exact) mass is 338 g/mol. The quantitative estimate of drug-likeness (QED) is 0.795. The van der Waals surface area contributed by atoms with Gasteiger partial charge in [0.05, 0.1) is 18.1 Å². The van der Waals surface area contributed by atoms with Gasteiger partial charge in [-0.1, -0.05) is 6.08 Å². The third kappa shape index (κ3) is 5.22. The Hall–Kier alpha value is -1.57. The molecule has 0 aliphatic carbocycles. The molecule has 0 saturated carbocycles. The normalized spacial score (nSPS) is 25.0. The van der Waals surface area contributed by atoms with E-state index >= 15 is 0 Å². The van der Waals surface area contributed by atoms with Crippen LogP contribution in [-0.4, -0.2) is 67.5 Å². The summed E-state index contributed by atoms with van der Waals surface area (Å²) >= 11 is 0. The van der Waals surface area contributed by atoms with Crippen LogP contribution in [0.4, 0.5) is 0 Å². The molecular formula is C17H30N4O3. The van der Waals surface area contributed by atoms with Gasteiger partial charge < -0.3 is 20.5 Å². The van der Waals surface area contributed by atoms with Crippen molar-refractivity contribution in [2.45, 2.75) is 45.3 Å². The van der Waals surface area contributed by atoms with Crippen molar-refractivity contribution in [2.75, 3.05) is 27.7 Å².